The smallest absolute Gasteiger partial charge is 0.245 e. The number of carbonyl (C=O) groups excluding carboxylic acids is 1. The lowest BCUT2D eigenvalue weighted by Gasteiger charge is -2.40. The summed E-state index contributed by atoms with van der Waals surface area (Å²) in [6.45, 7) is 5.91. The average molecular weight is 455 g/mol. The zero-order valence-corrected chi connectivity index (χ0v) is 19.3. The third-order valence-electron chi connectivity index (χ3n) is 6.81. The van der Waals surface area contributed by atoms with Crippen LogP contribution in [0.2, 0.25) is 0 Å². The SMILES string of the molecule is CC(C)(C(=O)Nc1cc(C2(COC3CCCCO3)CCC2)no1)S(=O)C1CCOCC1. The van der Waals surface area contributed by atoms with Gasteiger partial charge in [0.1, 0.15) is 4.75 Å². The summed E-state index contributed by atoms with van der Waals surface area (Å²) >= 11 is 0. The molecule has 31 heavy (non-hydrogen) atoms. The average Bonchev–Trinajstić information content (AvgIpc) is 3.22. The Bertz CT molecular complexity index is 779. The molecule has 8 nitrogen and oxygen atoms in total. The molecule has 1 aromatic rings. The summed E-state index contributed by atoms with van der Waals surface area (Å²) in [5, 5.41) is 7.00. The number of ether oxygens (including phenoxy) is 3. The van der Waals surface area contributed by atoms with E-state index in [2.05, 4.69) is 10.5 Å². The van der Waals surface area contributed by atoms with Crippen molar-refractivity contribution < 1.29 is 27.7 Å². The predicted octanol–water partition coefficient (Wildman–Crippen LogP) is 3.28. The van der Waals surface area contributed by atoms with Gasteiger partial charge in [-0.25, -0.2) is 0 Å². The van der Waals surface area contributed by atoms with E-state index in [1.807, 2.05) is 0 Å². The fourth-order valence-electron chi connectivity index (χ4n) is 4.42. The van der Waals surface area contributed by atoms with Crippen LogP contribution in [0.25, 0.3) is 0 Å². The lowest BCUT2D eigenvalue weighted by atomic mass is 9.67. The van der Waals surface area contributed by atoms with E-state index in [1.165, 1.54) is 0 Å². The zero-order valence-electron chi connectivity index (χ0n) is 18.5. The molecule has 0 aromatic carbocycles. The second-order valence-corrected chi connectivity index (χ2v) is 11.7. The van der Waals surface area contributed by atoms with Gasteiger partial charge in [0.15, 0.2) is 6.29 Å². The molecule has 3 heterocycles. The molecule has 3 fully saturated rings. The van der Waals surface area contributed by atoms with Crippen LogP contribution >= 0.6 is 0 Å². The first-order chi connectivity index (χ1) is 14.9. The van der Waals surface area contributed by atoms with Gasteiger partial charge in [-0.3, -0.25) is 14.3 Å². The summed E-state index contributed by atoms with van der Waals surface area (Å²) in [5.41, 5.74) is 0.612. The molecule has 2 unspecified atom stereocenters. The van der Waals surface area contributed by atoms with E-state index in [1.54, 1.807) is 19.9 Å². The van der Waals surface area contributed by atoms with E-state index < -0.39 is 15.5 Å². The van der Waals surface area contributed by atoms with Gasteiger partial charge in [0.2, 0.25) is 11.8 Å². The lowest BCUT2D eigenvalue weighted by Crippen LogP contribution is -2.46. The van der Waals surface area contributed by atoms with Crippen molar-refractivity contribution in [2.24, 2.45) is 0 Å². The zero-order chi connectivity index (χ0) is 21.9. The second-order valence-electron chi connectivity index (χ2n) is 9.39. The minimum absolute atomic E-state index is 0.0304. The van der Waals surface area contributed by atoms with E-state index >= 15 is 0 Å². The summed E-state index contributed by atoms with van der Waals surface area (Å²) in [6.07, 6.45) is 7.48. The number of hydrogen-bond acceptors (Lipinski definition) is 7. The van der Waals surface area contributed by atoms with Gasteiger partial charge in [-0.15, -0.1) is 0 Å². The van der Waals surface area contributed by atoms with Crippen LogP contribution in [0.5, 0.6) is 0 Å². The van der Waals surface area contributed by atoms with Crippen molar-refractivity contribution in [1.29, 1.82) is 0 Å². The monoisotopic (exact) mass is 454 g/mol. The van der Waals surface area contributed by atoms with Crippen molar-refractivity contribution in [2.45, 2.75) is 86.9 Å². The number of nitrogens with one attached hydrogen (secondary N) is 1. The lowest BCUT2D eigenvalue weighted by molar-refractivity contribution is -0.177. The number of nitrogens with zero attached hydrogens (tertiary/aromatic N) is 1. The van der Waals surface area contributed by atoms with Gasteiger partial charge in [0.25, 0.3) is 0 Å². The molecule has 4 rings (SSSR count). The predicted molar refractivity (Wildman–Crippen MR) is 116 cm³/mol. The van der Waals surface area contributed by atoms with Crippen LogP contribution in [-0.2, 0) is 35.2 Å². The molecule has 1 N–H and O–H groups in total. The highest BCUT2D eigenvalue weighted by atomic mass is 32.2. The quantitative estimate of drug-likeness (QED) is 0.643. The fourth-order valence-corrected chi connectivity index (χ4v) is 6.11. The molecule has 2 aliphatic heterocycles. The summed E-state index contributed by atoms with van der Waals surface area (Å²) in [5.74, 6) is -0.0354. The third-order valence-corrected chi connectivity index (χ3v) is 9.07. The van der Waals surface area contributed by atoms with E-state index in [0.717, 1.165) is 50.8 Å². The normalized spacial score (nSPS) is 25.5. The van der Waals surface area contributed by atoms with Crippen LogP contribution in [0.1, 0.15) is 70.9 Å². The third kappa shape index (κ3) is 5.05. The second kappa shape index (κ2) is 9.68. The number of anilines is 1. The topological polar surface area (TPSA) is 99.9 Å². The Morgan fingerprint density at radius 1 is 1.23 bits per heavy atom. The molecule has 174 valence electrons. The first-order valence-corrected chi connectivity index (χ1v) is 12.6. The summed E-state index contributed by atoms with van der Waals surface area (Å²) in [7, 11) is -1.32. The number of aromatic nitrogens is 1. The highest BCUT2D eigenvalue weighted by molar-refractivity contribution is 7.87. The number of amides is 1. The van der Waals surface area contributed by atoms with Crippen LogP contribution in [0.15, 0.2) is 10.6 Å². The van der Waals surface area contributed by atoms with Crippen molar-refractivity contribution in [3.8, 4) is 0 Å². The molecule has 1 aromatic heterocycles. The Kier molecular flexibility index (Phi) is 7.15. The van der Waals surface area contributed by atoms with E-state index in [9.17, 15) is 9.00 Å². The molecular weight excluding hydrogens is 420 g/mol. The van der Waals surface area contributed by atoms with Crippen molar-refractivity contribution in [3.05, 3.63) is 11.8 Å². The first kappa shape index (κ1) is 22.9. The van der Waals surface area contributed by atoms with Crippen LogP contribution in [0.4, 0.5) is 5.88 Å². The maximum atomic E-state index is 13.0. The molecule has 0 spiro atoms. The summed E-state index contributed by atoms with van der Waals surface area (Å²) < 4.78 is 34.5. The molecule has 1 aliphatic carbocycles. The maximum Gasteiger partial charge on any atom is 0.245 e. The Hall–Kier alpha value is -1.29. The van der Waals surface area contributed by atoms with Crippen LogP contribution in [0.3, 0.4) is 0 Å². The molecule has 2 saturated heterocycles. The van der Waals surface area contributed by atoms with E-state index in [0.29, 0.717) is 32.7 Å². The summed E-state index contributed by atoms with van der Waals surface area (Å²) in [6, 6.07) is 1.79. The fraction of sp³-hybridized carbons (Fsp3) is 0.818. The van der Waals surface area contributed by atoms with Crippen LogP contribution in [-0.4, -0.2) is 58.0 Å². The Morgan fingerprint density at radius 3 is 2.65 bits per heavy atom. The van der Waals surface area contributed by atoms with Gasteiger partial charge in [-0.05, 0) is 58.8 Å². The molecular formula is C22H34N2O6S. The molecule has 2 atom stereocenters. The molecule has 1 saturated carbocycles. The highest BCUT2D eigenvalue weighted by Crippen LogP contribution is 2.44. The Labute approximate surface area is 186 Å². The van der Waals surface area contributed by atoms with E-state index in [4.69, 9.17) is 18.7 Å². The number of carbonyl (C=O) groups is 1. The first-order valence-electron chi connectivity index (χ1n) is 11.4. The highest BCUT2D eigenvalue weighted by Gasteiger charge is 2.44. The Balaban J connectivity index is 1.37. The molecule has 0 radical (unpaired) electrons. The van der Waals surface area contributed by atoms with Gasteiger partial charge >= 0.3 is 0 Å². The Morgan fingerprint density at radius 2 is 2.00 bits per heavy atom. The molecule has 1 amide bonds. The minimum atomic E-state index is -1.32. The summed E-state index contributed by atoms with van der Waals surface area (Å²) in [4.78, 5) is 12.9. The van der Waals surface area contributed by atoms with Gasteiger partial charge in [0, 0.05) is 47.4 Å². The largest absolute Gasteiger partial charge is 0.381 e. The van der Waals surface area contributed by atoms with Crippen molar-refractivity contribution in [1.82, 2.24) is 5.16 Å². The van der Waals surface area contributed by atoms with Crippen molar-refractivity contribution >= 4 is 22.6 Å². The molecule has 0 bridgehead atoms. The number of rotatable bonds is 8. The van der Waals surface area contributed by atoms with Crippen LogP contribution in [0, 0.1) is 0 Å². The van der Waals surface area contributed by atoms with Gasteiger partial charge in [0.05, 0.1) is 12.3 Å². The van der Waals surface area contributed by atoms with E-state index in [-0.39, 0.29) is 28.7 Å². The molecule has 3 aliphatic rings. The van der Waals surface area contributed by atoms with Crippen LogP contribution < -0.4 is 5.32 Å². The van der Waals surface area contributed by atoms with Gasteiger partial charge < -0.3 is 18.7 Å². The maximum absolute atomic E-state index is 13.0. The minimum Gasteiger partial charge on any atom is -0.381 e. The van der Waals surface area contributed by atoms with Crippen molar-refractivity contribution in [2.75, 3.05) is 31.7 Å². The number of hydrogen-bond donors (Lipinski definition) is 1. The van der Waals surface area contributed by atoms with Gasteiger partial charge in [-0.1, -0.05) is 11.6 Å². The van der Waals surface area contributed by atoms with Crippen molar-refractivity contribution in [3.63, 3.8) is 0 Å². The molecule has 9 heteroatoms. The standard InChI is InChI=1S/C22H34N2O6S/c1-21(2,31(26)16-7-12-27-13-8-16)20(25)23-18-14-17(24-30-18)22(9-5-10-22)15-29-19-6-3-4-11-28-19/h14,16,19H,3-13,15H2,1-2H3,(H,23,25). The van der Waals surface area contributed by atoms with Gasteiger partial charge in [-0.2, -0.15) is 0 Å².